The quantitative estimate of drug-likeness (QED) is 0.856. The third kappa shape index (κ3) is 2.80. The van der Waals surface area contributed by atoms with Crippen LogP contribution in [0.25, 0.3) is 0 Å². The fourth-order valence-electron chi connectivity index (χ4n) is 1.74. The van der Waals surface area contributed by atoms with Gasteiger partial charge in [-0.2, -0.15) is 0 Å². The topological polar surface area (TPSA) is 46.2 Å². The van der Waals surface area contributed by atoms with E-state index in [0.29, 0.717) is 0 Å². The van der Waals surface area contributed by atoms with Crippen molar-refractivity contribution >= 4 is 9.84 Å². The molecule has 1 heterocycles. The van der Waals surface area contributed by atoms with E-state index < -0.39 is 15.7 Å². The Kier molecular flexibility index (Phi) is 3.25. The summed E-state index contributed by atoms with van der Waals surface area (Å²) in [5.41, 5.74) is 0.259. The maximum absolute atomic E-state index is 13.3. The summed E-state index contributed by atoms with van der Waals surface area (Å²) < 4.78 is 36.8. The number of rotatable bonds is 4. The Bertz CT molecular complexity index is 469. The van der Waals surface area contributed by atoms with Gasteiger partial charge in [-0.1, -0.05) is 18.2 Å². The first-order chi connectivity index (χ1) is 7.57. The second kappa shape index (κ2) is 4.51. The molecule has 1 aromatic carbocycles. The minimum Gasteiger partial charge on any atom is -0.316 e. The standard InChI is InChI=1S/C11H14FNO2S/c12-11-4-2-1-3-10(11)8-16(14,15)7-9-5-13-6-9/h1-4,9,13H,5-8H2. The van der Waals surface area contributed by atoms with Gasteiger partial charge in [-0.3, -0.25) is 0 Å². The van der Waals surface area contributed by atoms with Crippen LogP contribution in [0.3, 0.4) is 0 Å². The summed E-state index contributed by atoms with van der Waals surface area (Å²) in [5.74, 6) is -0.306. The van der Waals surface area contributed by atoms with Gasteiger partial charge in [0, 0.05) is 18.7 Å². The number of sulfone groups is 1. The van der Waals surface area contributed by atoms with Gasteiger partial charge in [0.1, 0.15) is 5.82 Å². The van der Waals surface area contributed by atoms with Crippen LogP contribution in [0, 0.1) is 11.7 Å². The summed E-state index contributed by atoms with van der Waals surface area (Å²) in [6.07, 6.45) is 0. The highest BCUT2D eigenvalue weighted by atomic mass is 32.2. The molecule has 1 aromatic rings. The second-order valence-corrected chi connectivity index (χ2v) is 6.28. The first-order valence-corrected chi connectivity index (χ1v) is 7.03. The van der Waals surface area contributed by atoms with Crippen molar-refractivity contribution in [3.63, 3.8) is 0 Å². The van der Waals surface area contributed by atoms with Gasteiger partial charge in [-0.05, 0) is 12.0 Å². The molecule has 0 aromatic heterocycles. The van der Waals surface area contributed by atoms with Crippen LogP contribution in [0.1, 0.15) is 5.56 Å². The predicted octanol–water partition coefficient (Wildman–Crippen LogP) is 0.960. The molecule has 1 fully saturated rings. The van der Waals surface area contributed by atoms with Crippen LogP contribution < -0.4 is 5.32 Å². The lowest BCUT2D eigenvalue weighted by molar-refractivity contribution is 0.378. The predicted molar refractivity (Wildman–Crippen MR) is 60.3 cm³/mol. The molecule has 0 unspecified atom stereocenters. The average molecular weight is 243 g/mol. The van der Waals surface area contributed by atoms with Gasteiger partial charge in [0.25, 0.3) is 0 Å². The fraction of sp³-hybridized carbons (Fsp3) is 0.455. The summed E-state index contributed by atoms with van der Waals surface area (Å²) in [6, 6.07) is 6.02. The third-order valence-electron chi connectivity index (χ3n) is 2.69. The molecule has 1 aliphatic rings. The molecule has 3 nitrogen and oxygen atoms in total. The molecule has 1 saturated heterocycles. The van der Waals surface area contributed by atoms with Crippen LogP contribution in [0.15, 0.2) is 24.3 Å². The maximum Gasteiger partial charge on any atom is 0.154 e. The van der Waals surface area contributed by atoms with E-state index in [9.17, 15) is 12.8 Å². The second-order valence-electron chi connectivity index (χ2n) is 4.17. The third-order valence-corrected chi connectivity index (χ3v) is 4.42. The van der Waals surface area contributed by atoms with Crippen molar-refractivity contribution in [3.8, 4) is 0 Å². The van der Waals surface area contributed by atoms with Crippen molar-refractivity contribution in [1.29, 1.82) is 0 Å². The number of nitrogens with one attached hydrogen (secondary N) is 1. The molecule has 0 aliphatic carbocycles. The normalized spacial score (nSPS) is 17.1. The van der Waals surface area contributed by atoms with Crippen molar-refractivity contribution in [1.82, 2.24) is 5.32 Å². The van der Waals surface area contributed by atoms with E-state index in [-0.39, 0.29) is 23.0 Å². The fourth-order valence-corrected chi connectivity index (χ4v) is 3.52. The minimum atomic E-state index is -3.20. The van der Waals surface area contributed by atoms with Gasteiger partial charge in [0.15, 0.2) is 9.84 Å². The molecule has 0 saturated carbocycles. The molecule has 5 heteroatoms. The Balaban J connectivity index is 2.05. The van der Waals surface area contributed by atoms with Crippen molar-refractivity contribution in [2.24, 2.45) is 5.92 Å². The number of hydrogen-bond donors (Lipinski definition) is 1. The lowest BCUT2D eigenvalue weighted by Crippen LogP contribution is -2.45. The molecule has 0 atom stereocenters. The highest BCUT2D eigenvalue weighted by molar-refractivity contribution is 7.90. The van der Waals surface area contributed by atoms with Crippen LogP contribution >= 0.6 is 0 Å². The van der Waals surface area contributed by atoms with Crippen molar-refractivity contribution in [2.75, 3.05) is 18.8 Å². The molecule has 88 valence electrons. The van der Waals surface area contributed by atoms with Gasteiger partial charge in [-0.25, -0.2) is 12.8 Å². The highest BCUT2D eigenvalue weighted by Gasteiger charge is 2.24. The molecular weight excluding hydrogens is 229 g/mol. The lowest BCUT2D eigenvalue weighted by atomic mass is 10.1. The van der Waals surface area contributed by atoms with E-state index in [1.807, 2.05) is 0 Å². The molecule has 16 heavy (non-hydrogen) atoms. The van der Waals surface area contributed by atoms with Gasteiger partial charge in [0.05, 0.1) is 11.5 Å². The molecule has 0 amide bonds. The number of hydrogen-bond acceptors (Lipinski definition) is 3. The van der Waals surface area contributed by atoms with E-state index in [2.05, 4.69) is 5.32 Å². The Morgan fingerprint density at radius 3 is 2.56 bits per heavy atom. The Morgan fingerprint density at radius 1 is 1.31 bits per heavy atom. The molecule has 1 N–H and O–H groups in total. The average Bonchev–Trinajstić information content (AvgIpc) is 2.16. The van der Waals surface area contributed by atoms with Gasteiger partial charge < -0.3 is 5.32 Å². The van der Waals surface area contributed by atoms with Gasteiger partial charge in [-0.15, -0.1) is 0 Å². The Hall–Kier alpha value is -0.940. The maximum atomic E-state index is 13.3. The molecule has 1 aliphatic heterocycles. The van der Waals surface area contributed by atoms with E-state index >= 15 is 0 Å². The van der Waals surface area contributed by atoms with Gasteiger partial charge >= 0.3 is 0 Å². The Labute approximate surface area is 94.6 Å². The van der Waals surface area contributed by atoms with E-state index in [1.165, 1.54) is 12.1 Å². The highest BCUT2D eigenvalue weighted by Crippen LogP contribution is 2.14. The summed E-state index contributed by atoms with van der Waals surface area (Å²) in [4.78, 5) is 0. The molecule has 0 bridgehead atoms. The first-order valence-electron chi connectivity index (χ1n) is 5.21. The van der Waals surface area contributed by atoms with E-state index in [0.717, 1.165) is 13.1 Å². The molecular formula is C11H14FNO2S. The molecule has 2 rings (SSSR count). The van der Waals surface area contributed by atoms with E-state index in [1.54, 1.807) is 12.1 Å². The summed E-state index contributed by atoms with van der Waals surface area (Å²) in [6.45, 7) is 1.49. The monoisotopic (exact) mass is 243 g/mol. The van der Waals surface area contributed by atoms with Crippen LogP contribution in [0.4, 0.5) is 4.39 Å². The van der Waals surface area contributed by atoms with Gasteiger partial charge in [0.2, 0.25) is 0 Å². The van der Waals surface area contributed by atoms with Crippen molar-refractivity contribution in [3.05, 3.63) is 35.6 Å². The number of halogens is 1. The van der Waals surface area contributed by atoms with Crippen molar-refractivity contribution in [2.45, 2.75) is 5.75 Å². The smallest absolute Gasteiger partial charge is 0.154 e. The molecule has 0 radical (unpaired) electrons. The zero-order valence-electron chi connectivity index (χ0n) is 8.82. The van der Waals surface area contributed by atoms with Crippen molar-refractivity contribution < 1.29 is 12.8 Å². The Morgan fingerprint density at radius 2 is 2.00 bits per heavy atom. The van der Waals surface area contributed by atoms with Crippen LogP contribution in [-0.2, 0) is 15.6 Å². The van der Waals surface area contributed by atoms with E-state index in [4.69, 9.17) is 0 Å². The zero-order valence-corrected chi connectivity index (χ0v) is 9.63. The van der Waals surface area contributed by atoms with Crippen LogP contribution in [0.5, 0.6) is 0 Å². The van der Waals surface area contributed by atoms with Crippen LogP contribution in [0.2, 0.25) is 0 Å². The zero-order chi connectivity index (χ0) is 11.6. The number of benzene rings is 1. The first kappa shape index (κ1) is 11.5. The lowest BCUT2D eigenvalue weighted by Gasteiger charge is -2.26. The summed E-state index contributed by atoms with van der Waals surface area (Å²) in [5, 5.41) is 3.02. The minimum absolute atomic E-state index is 0.147. The summed E-state index contributed by atoms with van der Waals surface area (Å²) >= 11 is 0. The molecule has 0 spiro atoms. The largest absolute Gasteiger partial charge is 0.316 e. The SMILES string of the molecule is O=S(=O)(Cc1ccccc1F)CC1CNC1. The summed E-state index contributed by atoms with van der Waals surface area (Å²) in [7, 11) is -3.20. The van der Waals surface area contributed by atoms with Crippen LogP contribution in [-0.4, -0.2) is 27.3 Å².